The van der Waals surface area contributed by atoms with Gasteiger partial charge in [0.2, 0.25) is 11.8 Å². The number of carboxylic acids is 1. The summed E-state index contributed by atoms with van der Waals surface area (Å²) in [5.74, 6) is -1.52. The Bertz CT molecular complexity index is 1050. The lowest BCUT2D eigenvalue weighted by Crippen LogP contribution is -2.42. The van der Waals surface area contributed by atoms with Crippen LogP contribution in [0.2, 0.25) is 0 Å². The number of anilines is 2. The molecule has 2 rings (SSSR count). The summed E-state index contributed by atoms with van der Waals surface area (Å²) in [5.41, 5.74) is 2.54. The van der Waals surface area contributed by atoms with Crippen LogP contribution in [0.5, 0.6) is 0 Å². The van der Waals surface area contributed by atoms with Crippen molar-refractivity contribution in [2.24, 2.45) is 5.41 Å². The Morgan fingerprint density at radius 2 is 1.60 bits per heavy atom. The molecule has 35 heavy (non-hydrogen) atoms. The monoisotopic (exact) mass is 482 g/mol. The minimum Gasteiger partial charge on any atom is -0.481 e. The molecule has 0 spiro atoms. The first-order chi connectivity index (χ1) is 16.4. The topological polar surface area (TPSA) is 137 Å². The maximum Gasteiger partial charge on any atom is 0.323 e. The molecule has 5 N–H and O–H groups in total. The third-order valence-electron chi connectivity index (χ3n) is 5.31. The van der Waals surface area contributed by atoms with Crippen molar-refractivity contribution >= 4 is 35.2 Å². The van der Waals surface area contributed by atoms with Crippen molar-refractivity contribution in [3.8, 4) is 0 Å². The summed E-state index contributed by atoms with van der Waals surface area (Å²) in [7, 11) is 0. The molecule has 2 aromatic carbocycles. The summed E-state index contributed by atoms with van der Waals surface area (Å²) in [4.78, 5) is 47.5. The van der Waals surface area contributed by atoms with Crippen LogP contribution >= 0.6 is 0 Å². The molecule has 0 saturated heterocycles. The molecule has 0 heterocycles. The smallest absolute Gasteiger partial charge is 0.323 e. The molecule has 9 heteroatoms. The molecule has 0 radical (unpaired) electrons. The fourth-order valence-corrected chi connectivity index (χ4v) is 3.82. The average molecular weight is 483 g/mol. The number of hydrogen-bond acceptors (Lipinski definition) is 4. The van der Waals surface area contributed by atoms with Gasteiger partial charge < -0.3 is 26.4 Å². The number of benzene rings is 2. The Balaban J connectivity index is 1.74. The number of urea groups is 1. The number of amides is 4. The molecule has 0 bridgehead atoms. The summed E-state index contributed by atoms with van der Waals surface area (Å²) in [6.07, 6.45) is 0.599. The average Bonchev–Trinajstić information content (AvgIpc) is 2.74. The van der Waals surface area contributed by atoms with Gasteiger partial charge in [-0.3, -0.25) is 14.4 Å². The van der Waals surface area contributed by atoms with Crippen LogP contribution in [-0.4, -0.2) is 41.5 Å². The standard InChI is InChI=1S/C26H34N4O5/c1-17-7-5-6-8-21(17)30-25(35)29-20-11-9-19(10-12-20)13-22(31)27-16-23(32)28-18(2)14-26(3,4)15-24(33)34/h5-12,18H,13-16H2,1-4H3,(H,27,31)(H,28,32)(H,33,34)(H2,29,30,35). The van der Waals surface area contributed by atoms with Crippen molar-refractivity contribution in [2.75, 3.05) is 17.2 Å². The molecule has 0 saturated carbocycles. The van der Waals surface area contributed by atoms with Crippen molar-refractivity contribution in [3.05, 3.63) is 59.7 Å². The normalized spacial score (nSPS) is 11.8. The van der Waals surface area contributed by atoms with E-state index < -0.39 is 11.4 Å². The summed E-state index contributed by atoms with van der Waals surface area (Å²) < 4.78 is 0. The molecular weight excluding hydrogens is 448 g/mol. The first-order valence-corrected chi connectivity index (χ1v) is 11.4. The van der Waals surface area contributed by atoms with Gasteiger partial charge in [0.15, 0.2) is 0 Å². The predicted octanol–water partition coefficient (Wildman–Crippen LogP) is 3.69. The van der Waals surface area contributed by atoms with Gasteiger partial charge in [-0.1, -0.05) is 44.2 Å². The highest BCUT2D eigenvalue weighted by atomic mass is 16.4. The third-order valence-corrected chi connectivity index (χ3v) is 5.31. The second kappa shape index (κ2) is 12.5. The first-order valence-electron chi connectivity index (χ1n) is 11.4. The van der Waals surface area contributed by atoms with Gasteiger partial charge in [-0.25, -0.2) is 4.79 Å². The number of hydrogen-bond donors (Lipinski definition) is 5. The molecule has 0 aliphatic carbocycles. The van der Waals surface area contributed by atoms with Gasteiger partial charge in [-0.2, -0.15) is 0 Å². The van der Waals surface area contributed by atoms with Crippen LogP contribution in [0.25, 0.3) is 0 Å². The first kappa shape index (κ1) is 27.4. The van der Waals surface area contributed by atoms with E-state index in [2.05, 4.69) is 21.3 Å². The van der Waals surface area contributed by atoms with Gasteiger partial charge in [0.1, 0.15) is 0 Å². The maximum absolute atomic E-state index is 12.2. The number of nitrogens with one attached hydrogen (secondary N) is 4. The Hall–Kier alpha value is -3.88. The van der Waals surface area contributed by atoms with Crippen LogP contribution in [0.3, 0.4) is 0 Å². The highest BCUT2D eigenvalue weighted by Gasteiger charge is 2.25. The Labute approximate surface area is 205 Å². The van der Waals surface area contributed by atoms with Crippen LogP contribution in [0.1, 0.15) is 44.7 Å². The predicted molar refractivity (Wildman–Crippen MR) is 135 cm³/mol. The molecule has 1 atom stereocenters. The van der Waals surface area contributed by atoms with E-state index in [-0.39, 0.29) is 43.3 Å². The molecule has 1 unspecified atom stereocenters. The largest absolute Gasteiger partial charge is 0.481 e. The molecule has 2 aromatic rings. The van der Waals surface area contributed by atoms with E-state index in [1.54, 1.807) is 31.2 Å². The fourth-order valence-electron chi connectivity index (χ4n) is 3.82. The Kier molecular flexibility index (Phi) is 9.81. The highest BCUT2D eigenvalue weighted by molar-refractivity contribution is 6.00. The highest BCUT2D eigenvalue weighted by Crippen LogP contribution is 2.26. The van der Waals surface area contributed by atoms with Crippen LogP contribution in [0.4, 0.5) is 16.2 Å². The summed E-state index contributed by atoms with van der Waals surface area (Å²) in [6, 6.07) is 13.7. The Morgan fingerprint density at radius 3 is 2.23 bits per heavy atom. The van der Waals surface area contributed by atoms with Gasteiger partial charge in [0.05, 0.1) is 19.4 Å². The lowest BCUT2D eigenvalue weighted by molar-refractivity contribution is -0.139. The van der Waals surface area contributed by atoms with Crippen LogP contribution in [0.15, 0.2) is 48.5 Å². The van der Waals surface area contributed by atoms with Crippen molar-refractivity contribution in [1.82, 2.24) is 10.6 Å². The minimum atomic E-state index is -0.880. The zero-order chi connectivity index (χ0) is 26.0. The zero-order valence-electron chi connectivity index (χ0n) is 20.6. The third kappa shape index (κ3) is 10.3. The number of carboxylic acid groups (broad SMARTS) is 1. The van der Waals surface area contributed by atoms with E-state index in [9.17, 15) is 19.2 Å². The number of aryl methyl sites for hydroxylation is 1. The number of carbonyl (C=O) groups is 4. The summed E-state index contributed by atoms with van der Waals surface area (Å²) >= 11 is 0. The summed E-state index contributed by atoms with van der Waals surface area (Å²) in [6.45, 7) is 7.22. The lowest BCUT2D eigenvalue weighted by atomic mass is 9.83. The SMILES string of the molecule is Cc1ccccc1NC(=O)Nc1ccc(CC(=O)NCC(=O)NC(C)CC(C)(C)CC(=O)O)cc1. The van der Waals surface area contributed by atoms with Gasteiger partial charge in [0, 0.05) is 17.4 Å². The van der Waals surface area contributed by atoms with Crippen molar-refractivity contribution in [1.29, 1.82) is 0 Å². The molecule has 9 nitrogen and oxygen atoms in total. The molecule has 0 fully saturated rings. The lowest BCUT2D eigenvalue weighted by Gasteiger charge is -2.26. The Morgan fingerprint density at radius 1 is 0.943 bits per heavy atom. The van der Waals surface area contributed by atoms with Crippen LogP contribution in [-0.2, 0) is 20.8 Å². The van der Waals surface area contributed by atoms with Crippen molar-refractivity contribution in [3.63, 3.8) is 0 Å². The molecule has 0 aliphatic heterocycles. The number of para-hydroxylation sites is 1. The number of carbonyl (C=O) groups excluding carboxylic acids is 3. The van der Waals surface area contributed by atoms with Gasteiger partial charge in [-0.05, 0) is 55.0 Å². The van der Waals surface area contributed by atoms with Gasteiger partial charge in [-0.15, -0.1) is 0 Å². The second-order valence-electron chi connectivity index (χ2n) is 9.45. The van der Waals surface area contributed by atoms with Gasteiger partial charge >= 0.3 is 12.0 Å². The van der Waals surface area contributed by atoms with E-state index >= 15 is 0 Å². The number of aliphatic carboxylic acids is 1. The number of rotatable bonds is 11. The summed E-state index contributed by atoms with van der Waals surface area (Å²) in [5, 5.41) is 19.9. The van der Waals surface area contributed by atoms with Crippen LogP contribution in [0, 0.1) is 12.3 Å². The molecule has 0 aromatic heterocycles. The van der Waals surface area contributed by atoms with Gasteiger partial charge in [0.25, 0.3) is 0 Å². The van der Waals surface area contributed by atoms with E-state index in [4.69, 9.17) is 5.11 Å². The maximum atomic E-state index is 12.2. The van der Waals surface area contributed by atoms with E-state index in [0.717, 1.165) is 16.8 Å². The molecule has 0 aliphatic rings. The minimum absolute atomic E-state index is 0.00955. The van der Waals surface area contributed by atoms with E-state index in [0.29, 0.717) is 12.1 Å². The van der Waals surface area contributed by atoms with Crippen molar-refractivity contribution < 1.29 is 24.3 Å². The molecular formula is C26H34N4O5. The van der Waals surface area contributed by atoms with Crippen LogP contribution < -0.4 is 21.3 Å². The molecule has 188 valence electrons. The van der Waals surface area contributed by atoms with E-state index in [1.165, 1.54) is 0 Å². The second-order valence-corrected chi connectivity index (χ2v) is 9.45. The van der Waals surface area contributed by atoms with Crippen molar-refractivity contribution in [2.45, 2.75) is 53.0 Å². The van der Waals surface area contributed by atoms with E-state index in [1.807, 2.05) is 45.0 Å². The zero-order valence-corrected chi connectivity index (χ0v) is 20.6. The fraction of sp³-hybridized carbons (Fsp3) is 0.385. The quantitative estimate of drug-likeness (QED) is 0.333. The molecule has 4 amide bonds.